The number of hydrogen-bond acceptors (Lipinski definition) is 1. The molecule has 1 heteroatoms. The van der Waals surface area contributed by atoms with Crippen LogP contribution in [-0.4, -0.2) is 6.54 Å². The lowest BCUT2D eigenvalue weighted by Crippen LogP contribution is -2.23. The first kappa shape index (κ1) is 14.3. The van der Waals surface area contributed by atoms with E-state index >= 15 is 0 Å². The van der Waals surface area contributed by atoms with E-state index in [0.717, 1.165) is 6.54 Å². The fraction of sp³-hybridized carbons (Fsp3) is 0.400. The third kappa shape index (κ3) is 3.95. The molecule has 0 radical (unpaired) electrons. The largest absolute Gasteiger partial charge is 0.310 e. The van der Waals surface area contributed by atoms with Gasteiger partial charge in [-0.25, -0.2) is 0 Å². The molecular formula is C20H25N. The van der Waals surface area contributed by atoms with Crippen LogP contribution in [0, 0.1) is 0 Å². The Bertz CT molecular complexity index is 547. The average molecular weight is 279 g/mol. The average Bonchev–Trinajstić information content (AvgIpc) is 2.75. The van der Waals surface area contributed by atoms with Crippen LogP contribution in [0.5, 0.6) is 0 Å². The molecule has 1 aliphatic rings. The van der Waals surface area contributed by atoms with Crippen LogP contribution in [0.4, 0.5) is 0 Å². The van der Waals surface area contributed by atoms with Crippen molar-refractivity contribution in [3.63, 3.8) is 0 Å². The first-order valence-electron chi connectivity index (χ1n) is 8.28. The minimum absolute atomic E-state index is 0.555. The highest BCUT2D eigenvalue weighted by Crippen LogP contribution is 2.28. The van der Waals surface area contributed by atoms with Crippen molar-refractivity contribution in [3.05, 3.63) is 71.3 Å². The lowest BCUT2D eigenvalue weighted by atomic mass is 9.99. The van der Waals surface area contributed by atoms with Gasteiger partial charge in [-0.1, -0.05) is 61.0 Å². The zero-order valence-electron chi connectivity index (χ0n) is 12.7. The normalized spacial score (nSPS) is 18.0. The molecule has 0 spiro atoms. The van der Waals surface area contributed by atoms with Gasteiger partial charge in [0.1, 0.15) is 0 Å². The summed E-state index contributed by atoms with van der Waals surface area (Å²) in [5.74, 6) is 0. The predicted molar refractivity (Wildman–Crippen MR) is 89.5 cm³/mol. The first-order valence-corrected chi connectivity index (χ1v) is 8.28. The molecule has 0 fully saturated rings. The van der Waals surface area contributed by atoms with Crippen molar-refractivity contribution in [3.8, 4) is 0 Å². The number of aryl methyl sites for hydroxylation is 2. The second kappa shape index (κ2) is 7.42. The zero-order chi connectivity index (χ0) is 14.3. The summed E-state index contributed by atoms with van der Waals surface area (Å²) in [5, 5.41) is 3.79. The Kier molecular flexibility index (Phi) is 5.07. The molecule has 1 atom stereocenters. The second-order valence-corrected chi connectivity index (χ2v) is 6.04. The van der Waals surface area contributed by atoms with Crippen molar-refractivity contribution >= 4 is 0 Å². The summed E-state index contributed by atoms with van der Waals surface area (Å²) in [4.78, 5) is 0. The molecule has 2 aromatic carbocycles. The van der Waals surface area contributed by atoms with E-state index in [1.165, 1.54) is 49.7 Å². The summed E-state index contributed by atoms with van der Waals surface area (Å²) in [5.41, 5.74) is 4.53. The van der Waals surface area contributed by atoms with Crippen LogP contribution >= 0.6 is 0 Å². The van der Waals surface area contributed by atoms with Crippen LogP contribution in [0.25, 0.3) is 0 Å². The van der Waals surface area contributed by atoms with Gasteiger partial charge in [0, 0.05) is 6.04 Å². The van der Waals surface area contributed by atoms with Gasteiger partial charge in [0.2, 0.25) is 0 Å². The summed E-state index contributed by atoms with van der Waals surface area (Å²) >= 11 is 0. The highest BCUT2D eigenvalue weighted by Gasteiger charge is 2.17. The maximum atomic E-state index is 3.79. The fourth-order valence-electron chi connectivity index (χ4n) is 3.35. The molecule has 0 heterocycles. The second-order valence-electron chi connectivity index (χ2n) is 6.04. The van der Waals surface area contributed by atoms with Crippen molar-refractivity contribution in [1.82, 2.24) is 5.32 Å². The Morgan fingerprint density at radius 2 is 1.71 bits per heavy atom. The summed E-state index contributed by atoms with van der Waals surface area (Å²) in [6.07, 6.45) is 7.58. The number of nitrogens with one attached hydrogen (secondary N) is 1. The van der Waals surface area contributed by atoms with E-state index in [1.807, 2.05) is 0 Å². The SMILES string of the molecule is c1ccc(CCCNC2CCCCc3ccccc32)cc1. The minimum atomic E-state index is 0.555. The quantitative estimate of drug-likeness (QED) is 0.619. The standard InChI is InChI=1S/C20H25N/c1-2-9-17(10-3-1)11-8-16-21-20-15-7-5-13-18-12-4-6-14-19(18)20/h1-4,6,9-10,12,14,20-21H,5,7-8,11,13,15-16H2. The Morgan fingerprint density at radius 1 is 0.905 bits per heavy atom. The lowest BCUT2D eigenvalue weighted by molar-refractivity contribution is 0.484. The molecule has 0 bridgehead atoms. The van der Waals surface area contributed by atoms with Crippen molar-refractivity contribution in [1.29, 1.82) is 0 Å². The smallest absolute Gasteiger partial charge is 0.0322 e. The number of rotatable bonds is 5. The molecule has 0 aromatic heterocycles. The topological polar surface area (TPSA) is 12.0 Å². The van der Waals surface area contributed by atoms with E-state index in [2.05, 4.69) is 59.9 Å². The molecule has 1 aliphatic carbocycles. The Labute approximate surface area is 128 Å². The number of fused-ring (bicyclic) bond motifs is 1. The molecule has 3 rings (SSSR count). The van der Waals surface area contributed by atoms with Crippen molar-refractivity contribution in [2.24, 2.45) is 0 Å². The predicted octanol–water partition coefficient (Wildman–Crippen LogP) is 4.68. The third-order valence-corrected chi connectivity index (χ3v) is 4.50. The summed E-state index contributed by atoms with van der Waals surface area (Å²) in [6.45, 7) is 1.11. The molecular weight excluding hydrogens is 254 g/mol. The number of benzene rings is 2. The zero-order valence-corrected chi connectivity index (χ0v) is 12.7. The van der Waals surface area contributed by atoms with E-state index in [4.69, 9.17) is 0 Å². The first-order chi connectivity index (χ1) is 10.4. The molecule has 0 aliphatic heterocycles. The van der Waals surface area contributed by atoms with Gasteiger partial charge in [-0.3, -0.25) is 0 Å². The van der Waals surface area contributed by atoms with E-state index in [0.29, 0.717) is 6.04 Å². The molecule has 0 saturated heterocycles. The van der Waals surface area contributed by atoms with Gasteiger partial charge >= 0.3 is 0 Å². The van der Waals surface area contributed by atoms with Crippen LogP contribution < -0.4 is 5.32 Å². The monoisotopic (exact) mass is 279 g/mol. The highest BCUT2D eigenvalue weighted by atomic mass is 14.9. The van der Waals surface area contributed by atoms with Gasteiger partial charge in [-0.2, -0.15) is 0 Å². The Hall–Kier alpha value is -1.60. The third-order valence-electron chi connectivity index (χ3n) is 4.50. The van der Waals surface area contributed by atoms with Crippen molar-refractivity contribution in [2.75, 3.05) is 6.54 Å². The summed E-state index contributed by atoms with van der Waals surface area (Å²) in [6, 6.07) is 20.3. The summed E-state index contributed by atoms with van der Waals surface area (Å²) in [7, 11) is 0. The molecule has 110 valence electrons. The van der Waals surface area contributed by atoms with Crippen LogP contribution in [0.15, 0.2) is 54.6 Å². The lowest BCUT2D eigenvalue weighted by Gasteiger charge is -2.19. The van der Waals surface area contributed by atoms with Crippen molar-refractivity contribution < 1.29 is 0 Å². The van der Waals surface area contributed by atoms with Crippen LogP contribution in [0.2, 0.25) is 0 Å². The Balaban J connectivity index is 1.53. The minimum Gasteiger partial charge on any atom is -0.310 e. The van der Waals surface area contributed by atoms with Gasteiger partial charge in [0.15, 0.2) is 0 Å². The molecule has 0 saturated carbocycles. The van der Waals surface area contributed by atoms with Crippen LogP contribution in [0.3, 0.4) is 0 Å². The maximum Gasteiger partial charge on any atom is 0.0322 e. The molecule has 2 aromatic rings. The molecule has 0 amide bonds. The molecule has 21 heavy (non-hydrogen) atoms. The summed E-state index contributed by atoms with van der Waals surface area (Å²) < 4.78 is 0. The van der Waals surface area contributed by atoms with Crippen molar-refractivity contribution in [2.45, 2.75) is 44.6 Å². The van der Waals surface area contributed by atoms with E-state index in [-0.39, 0.29) is 0 Å². The fourth-order valence-corrected chi connectivity index (χ4v) is 3.35. The molecule has 1 N–H and O–H groups in total. The van der Waals surface area contributed by atoms with Gasteiger partial charge in [0.05, 0.1) is 0 Å². The van der Waals surface area contributed by atoms with E-state index in [9.17, 15) is 0 Å². The maximum absolute atomic E-state index is 3.79. The number of hydrogen-bond donors (Lipinski definition) is 1. The molecule has 1 nitrogen and oxygen atoms in total. The van der Waals surface area contributed by atoms with Gasteiger partial charge in [-0.05, 0) is 55.3 Å². The van der Waals surface area contributed by atoms with Gasteiger partial charge in [-0.15, -0.1) is 0 Å². The van der Waals surface area contributed by atoms with E-state index in [1.54, 1.807) is 5.56 Å². The van der Waals surface area contributed by atoms with Crippen LogP contribution in [0.1, 0.15) is 48.4 Å². The van der Waals surface area contributed by atoms with Gasteiger partial charge in [0.25, 0.3) is 0 Å². The van der Waals surface area contributed by atoms with Crippen LogP contribution in [-0.2, 0) is 12.8 Å². The van der Waals surface area contributed by atoms with E-state index < -0.39 is 0 Å². The Morgan fingerprint density at radius 3 is 2.62 bits per heavy atom. The highest BCUT2D eigenvalue weighted by molar-refractivity contribution is 5.31. The van der Waals surface area contributed by atoms with Gasteiger partial charge < -0.3 is 5.32 Å². The molecule has 1 unspecified atom stereocenters.